The van der Waals surface area contributed by atoms with E-state index in [1.54, 1.807) is 18.3 Å². The van der Waals surface area contributed by atoms with Crippen LogP contribution >= 0.6 is 0 Å². The van der Waals surface area contributed by atoms with E-state index in [9.17, 15) is 4.79 Å². The topological polar surface area (TPSA) is 77.8 Å². The van der Waals surface area contributed by atoms with E-state index in [2.05, 4.69) is 9.98 Å². The first-order chi connectivity index (χ1) is 16.1. The smallest absolute Gasteiger partial charge is 0.337 e. The van der Waals surface area contributed by atoms with Crippen molar-refractivity contribution in [2.24, 2.45) is 4.99 Å². The summed E-state index contributed by atoms with van der Waals surface area (Å²) in [6.07, 6.45) is 1.66. The minimum absolute atomic E-state index is 0.371. The largest absolute Gasteiger partial charge is 0.465 e. The number of fused-ring (bicyclic) bond motifs is 1. The zero-order valence-electron chi connectivity index (χ0n) is 18.1. The third kappa shape index (κ3) is 4.32. The first-order valence-corrected chi connectivity index (χ1v) is 10.4. The number of esters is 1. The van der Waals surface area contributed by atoms with Crippen molar-refractivity contribution in [1.29, 1.82) is 0 Å². The average Bonchev–Trinajstić information content (AvgIpc) is 3.50. The lowest BCUT2D eigenvalue weighted by Crippen LogP contribution is -2.00. The fourth-order valence-electron chi connectivity index (χ4n) is 3.42. The predicted octanol–water partition coefficient (Wildman–Crippen LogP) is 6.60. The zero-order chi connectivity index (χ0) is 22.8. The molecule has 3 aromatic carbocycles. The van der Waals surface area contributed by atoms with Gasteiger partial charge in [-0.05, 0) is 61.5 Å². The van der Waals surface area contributed by atoms with Gasteiger partial charge in [0.25, 0.3) is 0 Å². The van der Waals surface area contributed by atoms with Crippen molar-refractivity contribution in [2.45, 2.75) is 6.92 Å². The molecule has 0 amide bonds. The molecule has 6 nitrogen and oxygen atoms in total. The van der Waals surface area contributed by atoms with Crippen LogP contribution in [-0.2, 0) is 4.74 Å². The SMILES string of the molecule is COC(=O)c1ccc(-c2ccc(C=Nc3ccc4oc(-c5ccc(C)cc5)nc4c3)o2)cc1. The standard InChI is InChI=1S/C27H20N2O4/c1-17-3-5-19(6-4-17)26-29-23-15-21(11-13-25(23)33-26)28-16-22-12-14-24(32-22)18-7-9-20(10-8-18)27(30)31-2/h3-16H,1-2H3. The van der Waals surface area contributed by atoms with E-state index in [0.29, 0.717) is 28.6 Å². The summed E-state index contributed by atoms with van der Waals surface area (Å²) in [5.74, 6) is 1.51. The van der Waals surface area contributed by atoms with Crippen LogP contribution in [0.2, 0.25) is 0 Å². The van der Waals surface area contributed by atoms with Gasteiger partial charge in [0, 0.05) is 11.1 Å². The number of rotatable bonds is 5. The van der Waals surface area contributed by atoms with Crippen molar-refractivity contribution < 1.29 is 18.4 Å². The van der Waals surface area contributed by atoms with Gasteiger partial charge in [-0.3, -0.25) is 4.99 Å². The van der Waals surface area contributed by atoms with Gasteiger partial charge in [-0.2, -0.15) is 0 Å². The third-order valence-corrected chi connectivity index (χ3v) is 5.23. The second kappa shape index (κ2) is 8.59. The number of carbonyl (C=O) groups excluding carboxylic acids is 1. The van der Waals surface area contributed by atoms with E-state index < -0.39 is 0 Å². The Bertz CT molecular complexity index is 1460. The van der Waals surface area contributed by atoms with Gasteiger partial charge in [0.1, 0.15) is 17.0 Å². The maximum absolute atomic E-state index is 11.6. The highest BCUT2D eigenvalue weighted by Gasteiger charge is 2.10. The Morgan fingerprint density at radius 1 is 0.909 bits per heavy atom. The third-order valence-electron chi connectivity index (χ3n) is 5.23. The van der Waals surface area contributed by atoms with Crippen LogP contribution in [0.3, 0.4) is 0 Å². The Morgan fingerprint density at radius 2 is 1.67 bits per heavy atom. The predicted molar refractivity (Wildman–Crippen MR) is 127 cm³/mol. The summed E-state index contributed by atoms with van der Waals surface area (Å²) in [7, 11) is 1.36. The second-order valence-electron chi connectivity index (χ2n) is 7.57. The summed E-state index contributed by atoms with van der Waals surface area (Å²) in [5.41, 5.74) is 5.66. The number of aromatic nitrogens is 1. The van der Waals surface area contributed by atoms with Crippen LogP contribution in [0.1, 0.15) is 21.7 Å². The molecule has 0 aliphatic heterocycles. The quantitative estimate of drug-likeness (QED) is 0.229. The van der Waals surface area contributed by atoms with Crippen LogP contribution < -0.4 is 0 Å². The Hall–Kier alpha value is -4.45. The number of nitrogens with zero attached hydrogens (tertiary/aromatic N) is 2. The lowest BCUT2D eigenvalue weighted by atomic mass is 10.1. The molecule has 0 fully saturated rings. The van der Waals surface area contributed by atoms with Crippen molar-refractivity contribution in [2.75, 3.05) is 7.11 Å². The van der Waals surface area contributed by atoms with Crippen LogP contribution in [0, 0.1) is 6.92 Å². The molecular weight excluding hydrogens is 416 g/mol. The molecule has 0 spiro atoms. The lowest BCUT2D eigenvalue weighted by molar-refractivity contribution is 0.0600. The molecule has 0 aliphatic rings. The molecule has 33 heavy (non-hydrogen) atoms. The Balaban J connectivity index is 1.34. The number of hydrogen-bond acceptors (Lipinski definition) is 6. The van der Waals surface area contributed by atoms with E-state index in [-0.39, 0.29) is 5.97 Å². The monoisotopic (exact) mass is 436 g/mol. The van der Waals surface area contributed by atoms with Crippen LogP contribution in [0.5, 0.6) is 0 Å². The second-order valence-corrected chi connectivity index (χ2v) is 7.57. The first kappa shape index (κ1) is 20.5. The maximum Gasteiger partial charge on any atom is 0.337 e. The highest BCUT2D eigenvalue weighted by atomic mass is 16.5. The molecular formula is C27H20N2O4. The normalized spacial score (nSPS) is 11.3. The van der Waals surface area contributed by atoms with E-state index >= 15 is 0 Å². The Morgan fingerprint density at radius 3 is 2.42 bits per heavy atom. The summed E-state index contributed by atoms with van der Waals surface area (Å²) in [5, 5.41) is 0. The van der Waals surface area contributed by atoms with Gasteiger partial charge in [-0.25, -0.2) is 9.78 Å². The van der Waals surface area contributed by atoms with Gasteiger partial charge in [-0.1, -0.05) is 29.8 Å². The fourth-order valence-corrected chi connectivity index (χ4v) is 3.42. The van der Waals surface area contributed by atoms with Gasteiger partial charge in [0.05, 0.1) is 24.6 Å². The average molecular weight is 436 g/mol. The van der Waals surface area contributed by atoms with Crippen molar-refractivity contribution in [3.63, 3.8) is 0 Å². The molecule has 2 aromatic heterocycles. The molecule has 0 N–H and O–H groups in total. The molecule has 0 aliphatic carbocycles. The van der Waals surface area contributed by atoms with E-state index in [0.717, 1.165) is 22.3 Å². The summed E-state index contributed by atoms with van der Waals surface area (Å²) in [6, 6.07) is 24.4. The molecule has 2 heterocycles. The van der Waals surface area contributed by atoms with Gasteiger partial charge >= 0.3 is 5.97 Å². The number of hydrogen-bond donors (Lipinski definition) is 0. The van der Waals surface area contributed by atoms with Gasteiger partial charge < -0.3 is 13.6 Å². The molecule has 0 radical (unpaired) electrons. The first-order valence-electron chi connectivity index (χ1n) is 10.4. The molecule has 0 atom stereocenters. The number of benzene rings is 3. The van der Waals surface area contributed by atoms with E-state index in [4.69, 9.17) is 13.6 Å². The minimum atomic E-state index is -0.371. The molecule has 5 aromatic rings. The number of furan rings is 1. The van der Waals surface area contributed by atoms with Crippen LogP contribution in [-0.4, -0.2) is 24.3 Å². The van der Waals surface area contributed by atoms with Crippen LogP contribution in [0.15, 0.2) is 92.7 Å². The van der Waals surface area contributed by atoms with Crippen molar-refractivity contribution in [3.05, 3.63) is 95.7 Å². The van der Waals surface area contributed by atoms with Crippen molar-refractivity contribution >= 4 is 29.0 Å². The lowest BCUT2D eigenvalue weighted by Gasteiger charge is -2.00. The summed E-state index contributed by atoms with van der Waals surface area (Å²) in [4.78, 5) is 20.7. The minimum Gasteiger partial charge on any atom is -0.465 e. The number of aryl methyl sites for hydroxylation is 1. The summed E-state index contributed by atoms with van der Waals surface area (Å²) < 4.78 is 16.5. The highest BCUT2D eigenvalue weighted by molar-refractivity contribution is 5.90. The Labute approximate surface area is 190 Å². The molecule has 0 unspecified atom stereocenters. The van der Waals surface area contributed by atoms with Gasteiger partial charge in [0.15, 0.2) is 5.58 Å². The van der Waals surface area contributed by atoms with Crippen molar-refractivity contribution in [3.8, 4) is 22.8 Å². The number of oxazole rings is 1. The summed E-state index contributed by atoms with van der Waals surface area (Å²) in [6.45, 7) is 2.04. The summed E-state index contributed by atoms with van der Waals surface area (Å²) >= 11 is 0. The van der Waals surface area contributed by atoms with Crippen LogP contribution in [0.25, 0.3) is 33.9 Å². The fraction of sp³-hybridized carbons (Fsp3) is 0.0741. The number of aliphatic imine (C=N–C) groups is 1. The Kier molecular flexibility index (Phi) is 5.32. The van der Waals surface area contributed by atoms with Crippen molar-refractivity contribution in [1.82, 2.24) is 4.98 Å². The zero-order valence-corrected chi connectivity index (χ0v) is 18.1. The number of methoxy groups -OCH3 is 1. The van der Waals surface area contributed by atoms with E-state index in [1.165, 1.54) is 12.7 Å². The number of carbonyl (C=O) groups is 1. The highest BCUT2D eigenvalue weighted by Crippen LogP contribution is 2.28. The molecule has 0 bridgehead atoms. The molecule has 0 saturated heterocycles. The molecule has 162 valence electrons. The van der Waals surface area contributed by atoms with Gasteiger partial charge in [-0.15, -0.1) is 0 Å². The molecule has 6 heteroatoms. The van der Waals surface area contributed by atoms with E-state index in [1.807, 2.05) is 73.7 Å². The van der Waals surface area contributed by atoms with Gasteiger partial charge in [0.2, 0.25) is 5.89 Å². The molecule has 5 rings (SSSR count). The van der Waals surface area contributed by atoms with Crippen LogP contribution in [0.4, 0.5) is 5.69 Å². The molecule has 0 saturated carbocycles. The maximum atomic E-state index is 11.6. The number of ether oxygens (including phenoxy) is 1.